The van der Waals surface area contributed by atoms with Gasteiger partial charge in [-0.15, -0.1) is 0 Å². The predicted octanol–water partition coefficient (Wildman–Crippen LogP) is 9.93. The predicted molar refractivity (Wildman–Crippen MR) is 148 cm³/mol. The van der Waals surface area contributed by atoms with E-state index in [1.807, 2.05) is 0 Å². The zero-order valence-corrected chi connectivity index (χ0v) is 24.4. The lowest BCUT2D eigenvalue weighted by atomic mass is 10.1. The highest BCUT2D eigenvalue weighted by molar-refractivity contribution is 6.61. The van der Waals surface area contributed by atoms with E-state index in [1.54, 1.807) is 0 Å². The molecule has 0 radical (unpaired) electrons. The van der Waals surface area contributed by atoms with Gasteiger partial charge >= 0.3 is 11.6 Å². The number of aliphatic hydroxyl groups excluding tert-OH is 1. The van der Waals surface area contributed by atoms with Gasteiger partial charge in [-0.05, 0) is 12.8 Å². The molecule has 0 bridgehead atoms. The van der Waals surface area contributed by atoms with Gasteiger partial charge in [0.05, 0.1) is 6.61 Å². The topological polar surface area (TPSA) is 82.1 Å². The van der Waals surface area contributed by atoms with Crippen molar-refractivity contribution in [3.8, 4) is 0 Å². The van der Waals surface area contributed by atoms with Crippen molar-refractivity contribution in [1.29, 1.82) is 0 Å². The van der Waals surface area contributed by atoms with Crippen LogP contribution in [-0.4, -0.2) is 42.0 Å². The van der Waals surface area contributed by atoms with E-state index >= 15 is 0 Å². The van der Waals surface area contributed by atoms with Crippen molar-refractivity contribution in [3.05, 3.63) is 0 Å². The monoisotopic (exact) mass is 564 g/mol. The molecule has 212 valence electrons. The standard InChI is InChI=1S/C13H25ClO3.C11H24O.C2H2Cl2O2/c1-2-3-4-5-6-7-8-9-10-11-16-13(15)17-12-14;1-2-3-4-5-6-7-8-9-10-11-12;3-1-6-2(4)5/h2-12H2,1H3;12H,2-11H2,1H3;1H2. The highest BCUT2D eigenvalue weighted by atomic mass is 35.5. The maximum Gasteiger partial charge on any atom is 0.509 e. The first-order chi connectivity index (χ1) is 17.0. The Morgan fingerprint density at radius 3 is 1.26 bits per heavy atom. The van der Waals surface area contributed by atoms with Gasteiger partial charge in [-0.3, -0.25) is 0 Å². The first kappa shape index (κ1) is 39.1. The number of halogens is 3. The molecule has 1 N–H and O–H groups in total. The Bertz CT molecular complexity index is 405. The van der Waals surface area contributed by atoms with Crippen LogP contribution in [0.25, 0.3) is 0 Å². The van der Waals surface area contributed by atoms with Gasteiger partial charge < -0.3 is 19.3 Å². The number of unbranched alkanes of at least 4 members (excludes halogenated alkanes) is 16. The molecule has 6 nitrogen and oxygen atoms in total. The number of rotatable bonds is 21. The Morgan fingerprint density at radius 2 is 0.943 bits per heavy atom. The third-order valence-corrected chi connectivity index (χ3v) is 5.40. The number of hydrogen-bond acceptors (Lipinski definition) is 6. The van der Waals surface area contributed by atoms with E-state index in [-0.39, 0.29) is 12.1 Å². The summed E-state index contributed by atoms with van der Waals surface area (Å²) in [6.07, 6.45) is 22.4. The number of alkyl halides is 2. The zero-order chi connectivity index (χ0) is 26.8. The molecule has 0 aliphatic heterocycles. The van der Waals surface area contributed by atoms with Gasteiger partial charge in [0.2, 0.25) is 0 Å². The summed E-state index contributed by atoms with van der Waals surface area (Å²) in [7, 11) is 0. The molecule has 0 aromatic rings. The van der Waals surface area contributed by atoms with Gasteiger partial charge in [-0.25, -0.2) is 9.59 Å². The van der Waals surface area contributed by atoms with Gasteiger partial charge in [-0.1, -0.05) is 140 Å². The molecule has 0 aliphatic rings. The van der Waals surface area contributed by atoms with E-state index in [0.717, 1.165) is 19.3 Å². The average Bonchev–Trinajstić information content (AvgIpc) is 2.83. The molecule has 0 heterocycles. The van der Waals surface area contributed by atoms with E-state index < -0.39 is 11.6 Å². The minimum Gasteiger partial charge on any atom is -0.437 e. The van der Waals surface area contributed by atoms with Crippen molar-refractivity contribution in [3.63, 3.8) is 0 Å². The molecule has 0 saturated carbocycles. The molecule has 0 saturated heterocycles. The molecular formula is C26H51Cl3O6. The second-order valence-electron chi connectivity index (χ2n) is 8.22. The number of aliphatic hydroxyl groups is 1. The van der Waals surface area contributed by atoms with Crippen molar-refractivity contribution < 1.29 is 28.9 Å². The second kappa shape index (κ2) is 38.1. The van der Waals surface area contributed by atoms with Crippen LogP contribution in [0.3, 0.4) is 0 Å². The van der Waals surface area contributed by atoms with Crippen molar-refractivity contribution in [1.82, 2.24) is 0 Å². The fraction of sp³-hybridized carbons (Fsp3) is 0.923. The lowest BCUT2D eigenvalue weighted by molar-refractivity contribution is 0.0664. The van der Waals surface area contributed by atoms with Crippen LogP contribution in [0, 0.1) is 0 Å². The Kier molecular flexibility index (Phi) is 42.6. The third kappa shape index (κ3) is 47.4. The number of carbonyl (C=O) groups is 2. The summed E-state index contributed by atoms with van der Waals surface area (Å²) in [4.78, 5) is 20.3. The van der Waals surface area contributed by atoms with E-state index in [0.29, 0.717) is 13.2 Å². The van der Waals surface area contributed by atoms with Crippen LogP contribution in [0.2, 0.25) is 0 Å². The van der Waals surface area contributed by atoms with E-state index in [2.05, 4.69) is 34.9 Å². The zero-order valence-electron chi connectivity index (χ0n) is 22.2. The summed E-state index contributed by atoms with van der Waals surface area (Å²) in [5.74, 6) is 0. The van der Waals surface area contributed by atoms with E-state index in [9.17, 15) is 9.59 Å². The highest BCUT2D eigenvalue weighted by Gasteiger charge is 2.01. The summed E-state index contributed by atoms with van der Waals surface area (Å²) in [5.41, 5.74) is -0.870. The molecular weight excluding hydrogens is 515 g/mol. The molecule has 0 spiro atoms. The average molecular weight is 566 g/mol. The Balaban J connectivity index is -0.000000493. The van der Waals surface area contributed by atoms with Gasteiger partial charge in [-0.2, -0.15) is 0 Å². The van der Waals surface area contributed by atoms with Gasteiger partial charge in [0, 0.05) is 18.2 Å². The first-order valence-corrected chi connectivity index (χ1v) is 14.8. The second-order valence-corrected chi connectivity index (χ2v) is 8.97. The van der Waals surface area contributed by atoms with Crippen LogP contribution < -0.4 is 0 Å². The summed E-state index contributed by atoms with van der Waals surface area (Å²) >= 11 is 14.7. The fourth-order valence-corrected chi connectivity index (χ4v) is 3.42. The Morgan fingerprint density at radius 1 is 0.571 bits per heavy atom. The van der Waals surface area contributed by atoms with Crippen molar-refractivity contribution in [2.24, 2.45) is 0 Å². The van der Waals surface area contributed by atoms with Crippen molar-refractivity contribution in [2.45, 2.75) is 129 Å². The van der Waals surface area contributed by atoms with Crippen molar-refractivity contribution in [2.75, 3.05) is 25.3 Å². The summed E-state index contributed by atoms with van der Waals surface area (Å²) in [6.45, 7) is 5.29. The minimum absolute atomic E-state index is 0.142. The largest absolute Gasteiger partial charge is 0.509 e. The van der Waals surface area contributed by atoms with Crippen LogP contribution >= 0.6 is 34.8 Å². The van der Waals surface area contributed by atoms with Crippen LogP contribution in [0.15, 0.2) is 0 Å². The number of hydrogen-bond donors (Lipinski definition) is 1. The highest BCUT2D eigenvalue weighted by Crippen LogP contribution is 2.10. The van der Waals surface area contributed by atoms with Gasteiger partial charge in [0.15, 0.2) is 12.1 Å². The molecule has 0 aromatic carbocycles. The first-order valence-electron chi connectivity index (χ1n) is 13.3. The summed E-state index contributed by atoms with van der Waals surface area (Å²) in [5, 5.41) is 8.54. The molecule has 9 heteroatoms. The number of ether oxygens (including phenoxy) is 3. The van der Waals surface area contributed by atoms with Crippen LogP contribution in [0.5, 0.6) is 0 Å². The molecule has 0 unspecified atom stereocenters. The molecule has 35 heavy (non-hydrogen) atoms. The third-order valence-electron chi connectivity index (χ3n) is 5.07. The SMILES string of the molecule is CCCCCCCCCCCO.CCCCCCCCCCCOC(=O)OCCl.O=C(Cl)OCCl. The molecule has 0 amide bonds. The minimum atomic E-state index is -0.870. The summed E-state index contributed by atoms with van der Waals surface area (Å²) < 4.78 is 13.2. The van der Waals surface area contributed by atoms with Crippen LogP contribution in [0.1, 0.15) is 129 Å². The van der Waals surface area contributed by atoms with Gasteiger partial charge in [0.25, 0.3) is 0 Å². The maximum atomic E-state index is 10.7. The molecule has 0 aromatic heterocycles. The maximum absolute atomic E-state index is 10.7. The van der Waals surface area contributed by atoms with Gasteiger partial charge in [0.1, 0.15) is 0 Å². The number of carbonyl (C=O) groups excluding carboxylic acids is 2. The molecule has 0 atom stereocenters. The smallest absolute Gasteiger partial charge is 0.437 e. The molecule has 0 fully saturated rings. The fourth-order valence-electron chi connectivity index (χ4n) is 3.12. The van der Waals surface area contributed by atoms with E-state index in [4.69, 9.17) is 33.0 Å². The van der Waals surface area contributed by atoms with E-state index in [1.165, 1.54) is 96.3 Å². The lowest BCUT2D eigenvalue weighted by Gasteiger charge is -2.04. The normalized spacial score (nSPS) is 9.89. The quantitative estimate of drug-likeness (QED) is 0.0645. The Labute approximate surface area is 229 Å². The molecule has 0 aliphatic carbocycles. The summed E-state index contributed by atoms with van der Waals surface area (Å²) in [6, 6.07) is -0.321. The Hall–Kier alpha value is -0.430. The lowest BCUT2D eigenvalue weighted by Crippen LogP contribution is -2.07. The van der Waals surface area contributed by atoms with Crippen molar-refractivity contribution >= 4 is 46.4 Å². The molecule has 0 rings (SSSR count). The van der Waals surface area contributed by atoms with Crippen LogP contribution in [-0.2, 0) is 14.2 Å². The van der Waals surface area contributed by atoms with Crippen LogP contribution in [0.4, 0.5) is 9.59 Å².